The first kappa shape index (κ1) is 20.8. The Hall–Kier alpha value is -0.950. The highest BCUT2D eigenvalue weighted by Gasteiger charge is 2.59. The molecule has 3 nitrogen and oxygen atoms in total. The Kier molecular flexibility index (Phi) is 6.02. The zero-order valence-electron chi connectivity index (χ0n) is 16.3. The quantitative estimate of drug-likeness (QED) is 0.501. The molecule has 1 heterocycles. The second-order valence-corrected chi connectivity index (χ2v) is 8.51. The van der Waals surface area contributed by atoms with Crippen LogP contribution in [0.3, 0.4) is 0 Å². The highest BCUT2D eigenvalue weighted by Crippen LogP contribution is 2.63. The van der Waals surface area contributed by atoms with E-state index < -0.39 is 12.2 Å². The Morgan fingerprint density at radius 3 is 2.63 bits per heavy atom. The van der Waals surface area contributed by atoms with E-state index in [-0.39, 0.29) is 35.7 Å². The van der Waals surface area contributed by atoms with Gasteiger partial charge in [0.2, 0.25) is 0 Å². The van der Waals surface area contributed by atoms with Gasteiger partial charge in [0.1, 0.15) is 11.9 Å². The van der Waals surface area contributed by atoms with E-state index in [2.05, 4.69) is 17.2 Å². The minimum atomic E-state index is -4.19. The SMILES string of the molecule is CCC(=N/C=C(\C)F)C12CCC(OCC3NC(C(F)(F)F)CC3C)CC1C2. The molecule has 0 aromatic rings. The van der Waals surface area contributed by atoms with Crippen LogP contribution in [0.4, 0.5) is 17.6 Å². The Bertz CT molecular complexity index is 599. The fraction of sp³-hybridized carbons (Fsp3) is 0.850. The van der Waals surface area contributed by atoms with Gasteiger partial charge in [0.25, 0.3) is 0 Å². The number of hydrogen-bond acceptors (Lipinski definition) is 3. The van der Waals surface area contributed by atoms with Crippen molar-refractivity contribution in [1.29, 1.82) is 0 Å². The maximum Gasteiger partial charge on any atom is 0.403 e. The molecule has 154 valence electrons. The lowest BCUT2D eigenvalue weighted by molar-refractivity contribution is -0.153. The molecule has 6 atom stereocenters. The summed E-state index contributed by atoms with van der Waals surface area (Å²) in [6.45, 7) is 5.63. The van der Waals surface area contributed by atoms with Crippen molar-refractivity contribution in [2.45, 2.75) is 83.7 Å². The van der Waals surface area contributed by atoms with Crippen LogP contribution in [-0.4, -0.2) is 36.7 Å². The number of hydrogen-bond donors (Lipinski definition) is 1. The van der Waals surface area contributed by atoms with E-state index in [1.807, 2.05) is 6.92 Å². The van der Waals surface area contributed by atoms with Crippen LogP contribution in [0.1, 0.15) is 59.3 Å². The maximum absolute atomic E-state index is 13.0. The van der Waals surface area contributed by atoms with Crippen LogP contribution in [0.15, 0.2) is 17.0 Å². The van der Waals surface area contributed by atoms with E-state index >= 15 is 0 Å². The van der Waals surface area contributed by atoms with Crippen molar-refractivity contribution in [3.05, 3.63) is 12.0 Å². The van der Waals surface area contributed by atoms with Crippen molar-refractivity contribution < 1.29 is 22.3 Å². The molecule has 2 aliphatic carbocycles. The fourth-order valence-corrected chi connectivity index (χ4v) is 4.94. The highest BCUT2D eigenvalue weighted by atomic mass is 19.4. The van der Waals surface area contributed by atoms with Crippen molar-refractivity contribution in [2.75, 3.05) is 6.61 Å². The van der Waals surface area contributed by atoms with E-state index in [1.54, 1.807) is 0 Å². The van der Waals surface area contributed by atoms with Gasteiger partial charge in [-0.3, -0.25) is 4.99 Å². The molecule has 1 N–H and O–H groups in total. The fourth-order valence-electron chi connectivity index (χ4n) is 4.94. The minimum Gasteiger partial charge on any atom is -0.377 e. The summed E-state index contributed by atoms with van der Waals surface area (Å²) in [5, 5.41) is 2.69. The molecule has 3 rings (SSSR count). The Labute approximate surface area is 158 Å². The predicted molar refractivity (Wildman–Crippen MR) is 97.3 cm³/mol. The normalized spacial score (nSPS) is 40.2. The number of rotatable bonds is 6. The third-order valence-electron chi connectivity index (χ3n) is 6.62. The molecule has 6 unspecified atom stereocenters. The average Bonchev–Trinajstić information content (AvgIpc) is 3.18. The van der Waals surface area contributed by atoms with Gasteiger partial charge in [-0.25, -0.2) is 4.39 Å². The number of allylic oxidation sites excluding steroid dienone is 1. The Morgan fingerprint density at radius 1 is 1.33 bits per heavy atom. The minimum absolute atomic E-state index is 0.0465. The van der Waals surface area contributed by atoms with Gasteiger partial charge in [0, 0.05) is 17.2 Å². The number of alkyl halides is 3. The van der Waals surface area contributed by atoms with Gasteiger partial charge in [0.15, 0.2) is 0 Å². The number of fused-ring (bicyclic) bond motifs is 1. The molecule has 0 amide bonds. The van der Waals surface area contributed by atoms with Gasteiger partial charge < -0.3 is 10.1 Å². The van der Waals surface area contributed by atoms with Crippen LogP contribution in [0.2, 0.25) is 0 Å². The first-order valence-corrected chi connectivity index (χ1v) is 9.99. The zero-order valence-corrected chi connectivity index (χ0v) is 16.3. The molecule has 7 heteroatoms. The number of nitrogens with zero attached hydrogens (tertiary/aromatic N) is 1. The summed E-state index contributed by atoms with van der Waals surface area (Å²) in [6.07, 6.45) is 1.97. The molecule has 3 fully saturated rings. The smallest absolute Gasteiger partial charge is 0.377 e. The molecular weight excluding hydrogens is 360 g/mol. The van der Waals surface area contributed by atoms with E-state index in [4.69, 9.17) is 4.74 Å². The molecular formula is C20H30F4N2O. The topological polar surface area (TPSA) is 33.6 Å². The van der Waals surface area contributed by atoms with Crippen LogP contribution in [0.25, 0.3) is 0 Å². The number of ether oxygens (including phenoxy) is 1. The molecule has 0 aromatic carbocycles. The van der Waals surface area contributed by atoms with Gasteiger partial charge in [-0.05, 0) is 57.3 Å². The summed E-state index contributed by atoms with van der Waals surface area (Å²) in [7, 11) is 0. The van der Waals surface area contributed by atoms with Gasteiger partial charge >= 0.3 is 6.18 Å². The molecule has 3 aliphatic rings. The monoisotopic (exact) mass is 390 g/mol. The van der Waals surface area contributed by atoms with Gasteiger partial charge in [-0.15, -0.1) is 0 Å². The molecule has 2 saturated carbocycles. The molecule has 0 aromatic heterocycles. The summed E-state index contributed by atoms with van der Waals surface area (Å²) in [5.41, 5.74) is 1.17. The van der Waals surface area contributed by atoms with Crippen molar-refractivity contribution in [2.24, 2.45) is 22.2 Å². The second kappa shape index (κ2) is 7.82. The van der Waals surface area contributed by atoms with Crippen LogP contribution in [-0.2, 0) is 4.74 Å². The molecule has 0 bridgehead atoms. The first-order chi connectivity index (χ1) is 12.7. The van der Waals surface area contributed by atoms with Crippen molar-refractivity contribution in [3.63, 3.8) is 0 Å². The van der Waals surface area contributed by atoms with Crippen LogP contribution < -0.4 is 5.32 Å². The summed E-state index contributed by atoms with van der Waals surface area (Å²) >= 11 is 0. The van der Waals surface area contributed by atoms with E-state index in [0.29, 0.717) is 12.5 Å². The second-order valence-electron chi connectivity index (χ2n) is 8.51. The zero-order chi connectivity index (χ0) is 19.8. The van der Waals surface area contributed by atoms with Crippen LogP contribution in [0, 0.1) is 17.3 Å². The average molecular weight is 390 g/mol. The Balaban J connectivity index is 1.50. The third kappa shape index (κ3) is 4.56. The molecule has 0 radical (unpaired) electrons. The lowest BCUT2D eigenvalue weighted by Crippen LogP contribution is -2.43. The maximum atomic E-state index is 13.0. The van der Waals surface area contributed by atoms with E-state index in [9.17, 15) is 17.6 Å². The molecule has 1 saturated heterocycles. The summed E-state index contributed by atoms with van der Waals surface area (Å²) in [5.74, 6) is 0.164. The van der Waals surface area contributed by atoms with Crippen molar-refractivity contribution in [3.8, 4) is 0 Å². The van der Waals surface area contributed by atoms with Gasteiger partial charge in [0.05, 0.1) is 18.9 Å². The lowest BCUT2D eigenvalue weighted by Gasteiger charge is -2.30. The van der Waals surface area contributed by atoms with Crippen LogP contribution in [0.5, 0.6) is 0 Å². The Morgan fingerprint density at radius 2 is 2.07 bits per heavy atom. The van der Waals surface area contributed by atoms with Gasteiger partial charge in [-0.1, -0.05) is 13.8 Å². The molecule has 0 spiro atoms. The van der Waals surface area contributed by atoms with Crippen molar-refractivity contribution in [1.82, 2.24) is 5.32 Å². The van der Waals surface area contributed by atoms with E-state index in [0.717, 1.165) is 37.8 Å². The van der Waals surface area contributed by atoms with Crippen LogP contribution >= 0.6 is 0 Å². The first-order valence-electron chi connectivity index (χ1n) is 9.99. The number of aliphatic imine (C=N–C) groups is 1. The summed E-state index contributed by atoms with van der Waals surface area (Å²) in [6, 6.07) is -1.66. The molecule has 27 heavy (non-hydrogen) atoms. The van der Waals surface area contributed by atoms with Crippen molar-refractivity contribution >= 4 is 5.71 Å². The standard InChI is InChI=1S/C20H30F4N2O/c1-4-17(25-10-13(3)21)19-6-5-15(8-14(19)9-19)27-11-16-12(2)7-18(26-16)20(22,23)24/h10,12,14-16,18,26H,4-9,11H2,1-3H3/b13-10+,25-17?. The lowest BCUT2D eigenvalue weighted by atomic mass is 9.82. The highest BCUT2D eigenvalue weighted by molar-refractivity contribution is 5.93. The summed E-state index contributed by atoms with van der Waals surface area (Å²) < 4.78 is 57.7. The van der Waals surface area contributed by atoms with Gasteiger partial charge in [-0.2, -0.15) is 13.2 Å². The predicted octanol–water partition coefficient (Wildman–Crippen LogP) is 5.17. The largest absolute Gasteiger partial charge is 0.403 e. The van der Waals surface area contributed by atoms with E-state index in [1.165, 1.54) is 13.1 Å². The summed E-state index contributed by atoms with van der Waals surface area (Å²) in [4.78, 5) is 4.38. The molecule has 1 aliphatic heterocycles. The number of nitrogens with one attached hydrogen (secondary N) is 1. The number of halogens is 4. The third-order valence-corrected chi connectivity index (χ3v) is 6.62.